The minimum Gasteiger partial charge on any atom is -0.232 e. The molecule has 0 saturated carbocycles. The lowest BCUT2D eigenvalue weighted by molar-refractivity contribution is 0.643. The van der Waals surface area contributed by atoms with E-state index < -0.39 is 0 Å². The van der Waals surface area contributed by atoms with Gasteiger partial charge in [0.1, 0.15) is 11.4 Å². The summed E-state index contributed by atoms with van der Waals surface area (Å²) < 4.78 is 1.88. The maximum absolute atomic E-state index is 4.43. The fourth-order valence-electron chi connectivity index (χ4n) is 2.97. The SMILES string of the molecule is Cc1cccc(Cn2nnc(-c3ccccc3)c2C#Cc2ccccc2)c1. The van der Waals surface area contributed by atoms with Gasteiger partial charge in [-0.2, -0.15) is 0 Å². The molecule has 0 aliphatic heterocycles. The van der Waals surface area contributed by atoms with Gasteiger partial charge in [0.25, 0.3) is 0 Å². The topological polar surface area (TPSA) is 30.7 Å². The molecule has 0 amide bonds. The zero-order valence-corrected chi connectivity index (χ0v) is 15.1. The minimum atomic E-state index is 0.639. The Balaban J connectivity index is 1.77. The van der Waals surface area contributed by atoms with Gasteiger partial charge in [0.2, 0.25) is 0 Å². The fraction of sp³-hybridized carbons (Fsp3) is 0.0833. The largest absolute Gasteiger partial charge is 0.232 e. The number of benzene rings is 3. The van der Waals surface area contributed by atoms with Crippen LogP contribution in [0.25, 0.3) is 11.3 Å². The standard InChI is InChI=1S/C24H19N3/c1-19-9-8-12-21(17-19)18-27-23(16-15-20-10-4-2-5-11-20)24(25-26-27)22-13-6-3-7-14-22/h2-14,17H,18H2,1H3. The smallest absolute Gasteiger partial charge is 0.140 e. The second-order valence-corrected chi connectivity index (χ2v) is 6.42. The first kappa shape index (κ1) is 16.8. The van der Waals surface area contributed by atoms with Crippen LogP contribution in [0.4, 0.5) is 0 Å². The molecule has 1 aromatic heterocycles. The Hall–Kier alpha value is -3.64. The molecule has 1 heterocycles. The summed E-state index contributed by atoms with van der Waals surface area (Å²) in [5.74, 6) is 6.54. The molecule has 0 atom stereocenters. The third-order valence-corrected chi connectivity index (χ3v) is 4.30. The Kier molecular flexibility index (Phi) is 4.80. The molecule has 0 spiro atoms. The van der Waals surface area contributed by atoms with Crippen molar-refractivity contribution in [2.75, 3.05) is 0 Å². The summed E-state index contributed by atoms with van der Waals surface area (Å²) in [4.78, 5) is 0. The lowest BCUT2D eigenvalue weighted by Gasteiger charge is -2.05. The number of nitrogens with zero attached hydrogens (tertiary/aromatic N) is 3. The third kappa shape index (κ3) is 3.96. The van der Waals surface area contributed by atoms with Crippen LogP contribution in [0.3, 0.4) is 0 Å². The molecule has 0 saturated heterocycles. The van der Waals surface area contributed by atoms with Crippen molar-refractivity contribution in [3.63, 3.8) is 0 Å². The Morgan fingerprint density at radius 3 is 2.30 bits per heavy atom. The van der Waals surface area contributed by atoms with Crippen molar-refractivity contribution in [1.29, 1.82) is 0 Å². The van der Waals surface area contributed by atoms with Crippen LogP contribution in [0.2, 0.25) is 0 Å². The highest BCUT2D eigenvalue weighted by Crippen LogP contribution is 2.21. The van der Waals surface area contributed by atoms with Crippen LogP contribution < -0.4 is 0 Å². The number of hydrogen-bond acceptors (Lipinski definition) is 2. The average molecular weight is 349 g/mol. The molecule has 0 bridgehead atoms. The van der Waals surface area contributed by atoms with Crippen molar-refractivity contribution in [2.24, 2.45) is 0 Å². The number of rotatable bonds is 3. The zero-order chi connectivity index (χ0) is 18.5. The van der Waals surface area contributed by atoms with Crippen molar-refractivity contribution in [3.05, 3.63) is 107 Å². The normalized spacial score (nSPS) is 10.3. The van der Waals surface area contributed by atoms with Gasteiger partial charge in [-0.15, -0.1) is 5.10 Å². The first-order valence-electron chi connectivity index (χ1n) is 8.91. The molecule has 0 unspecified atom stereocenters. The maximum Gasteiger partial charge on any atom is 0.140 e. The monoisotopic (exact) mass is 349 g/mol. The van der Waals surface area contributed by atoms with Crippen LogP contribution in [0.15, 0.2) is 84.9 Å². The zero-order valence-electron chi connectivity index (χ0n) is 15.1. The van der Waals surface area contributed by atoms with Crippen LogP contribution >= 0.6 is 0 Å². The summed E-state index contributed by atoms with van der Waals surface area (Å²) in [6, 6.07) is 28.5. The van der Waals surface area contributed by atoms with E-state index in [-0.39, 0.29) is 0 Å². The van der Waals surface area contributed by atoms with Gasteiger partial charge in [-0.05, 0) is 30.5 Å². The highest BCUT2D eigenvalue weighted by molar-refractivity contribution is 5.65. The van der Waals surface area contributed by atoms with Gasteiger partial charge >= 0.3 is 0 Å². The Morgan fingerprint density at radius 2 is 1.56 bits per heavy atom. The summed E-state index contributed by atoms with van der Waals surface area (Å²) in [6.07, 6.45) is 0. The highest BCUT2D eigenvalue weighted by Gasteiger charge is 2.13. The van der Waals surface area contributed by atoms with E-state index in [9.17, 15) is 0 Å². The van der Waals surface area contributed by atoms with Crippen LogP contribution in [0.5, 0.6) is 0 Å². The van der Waals surface area contributed by atoms with Crippen molar-refractivity contribution in [1.82, 2.24) is 15.0 Å². The minimum absolute atomic E-state index is 0.639. The van der Waals surface area contributed by atoms with E-state index in [4.69, 9.17) is 0 Å². The summed E-state index contributed by atoms with van der Waals surface area (Å²) in [7, 11) is 0. The fourth-order valence-corrected chi connectivity index (χ4v) is 2.97. The molecule has 130 valence electrons. The summed E-state index contributed by atoms with van der Waals surface area (Å²) >= 11 is 0. The number of aryl methyl sites for hydroxylation is 1. The molecule has 3 nitrogen and oxygen atoms in total. The molecule has 0 radical (unpaired) electrons. The predicted octanol–water partition coefficient (Wildman–Crippen LogP) is 4.70. The number of aromatic nitrogens is 3. The van der Waals surface area contributed by atoms with Crippen molar-refractivity contribution >= 4 is 0 Å². The van der Waals surface area contributed by atoms with E-state index in [2.05, 4.69) is 53.3 Å². The third-order valence-electron chi connectivity index (χ3n) is 4.30. The van der Waals surface area contributed by atoms with Crippen LogP contribution in [0.1, 0.15) is 22.4 Å². The first-order valence-corrected chi connectivity index (χ1v) is 8.91. The van der Waals surface area contributed by atoms with Gasteiger partial charge in [0.05, 0.1) is 6.54 Å². The van der Waals surface area contributed by atoms with Crippen molar-refractivity contribution < 1.29 is 0 Å². The maximum atomic E-state index is 4.43. The Labute approximate surface area is 159 Å². The lowest BCUT2D eigenvalue weighted by Crippen LogP contribution is -2.05. The molecule has 3 heteroatoms. The number of hydrogen-bond donors (Lipinski definition) is 0. The molecule has 0 aliphatic carbocycles. The second kappa shape index (κ2) is 7.72. The second-order valence-electron chi connectivity index (χ2n) is 6.42. The highest BCUT2D eigenvalue weighted by atomic mass is 15.4. The summed E-state index contributed by atoms with van der Waals surface area (Å²) in [5.41, 5.74) is 6.04. The molecular formula is C24H19N3. The molecule has 4 aromatic rings. The Morgan fingerprint density at radius 1 is 0.815 bits per heavy atom. The summed E-state index contributed by atoms with van der Waals surface area (Å²) in [5, 5.41) is 8.82. The van der Waals surface area contributed by atoms with Gasteiger partial charge in [0, 0.05) is 11.1 Å². The molecule has 0 N–H and O–H groups in total. The van der Waals surface area contributed by atoms with E-state index in [0.29, 0.717) is 6.54 Å². The quantitative estimate of drug-likeness (QED) is 0.502. The molecule has 27 heavy (non-hydrogen) atoms. The van der Waals surface area contributed by atoms with Crippen LogP contribution in [0, 0.1) is 18.8 Å². The van der Waals surface area contributed by atoms with Gasteiger partial charge in [0.15, 0.2) is 0 Å². The van der Waals surface area contributed by atoms with E-state index >= 15 is 0 Å². The molecule has 4 rings (SSSR count). The van der Waals surface area contributed by atoms with Crippen molar-refractivity contribution in [3.8, 4) is 23.1 Å². The van der Waals surface area contributed by atoms with Gasteiger partial charge in [-0.25, -0.2) is 4.68 Å². The van der Waals surface area contributed by atoms with E-state index in [0.717, 1.165) is 22.5 Å². The van der Waals surface area contributed by atoms with Crippen LogP contribution in [-0.4, -0.2) is 15.0 Å². The van der Waals surface area contributed by atoms with E-state index in [1.54, 1.807) is 0 Å². The van der Waals surface area contributed by atoms with Gasteiger partial charge < -0.3 is 0 Å². The molecular weight excluding hydrogens is 330 g/mol. The van der Waals surface area contributed by atoms with Crippen molar-refractivity contribution in [2.45, 2.75) is 13.5 Å². The average Bonchev–Trinajstić information content (AvgIpc) is 3.10. The van der Waals surface area contributed by atoms with Gasteiger partial charge in [-0.1, -0.05) is 89.5 Å². The van der Waals surface area contributed by atoms with Gasteiger partial charge in [-0.3, -0.25) is 0 Å². The van der Waals surface area contributed by atoms with E-state index in [1.165, 1.54) is 11.1 Å². The predicted molar refractivity (Wildman–Crippen MR) is 108 cm³/mol. The first-order chi connectivity index (χ1) is 13.3. The Bertz CT molecular complexity index is 1100. The van der Waals surface area contributed by atoms with Crippen LogP contribution in [-0.2, 0) is 6.54 Å². The van der Waals surface area contributed by atoms with E-state index in [1.807, 2.05) is 65.3 Å². The molecule has 0 fully saturated rings. The molecule has 0 aliphatic rings. The molecule has 3 aromatic carbocycles. The lowest BCUT2D eigenvalue weighted by atomic mass is 10.1. The summed E-state index contributed by atoms with van der Waals surface area (Å²) in [6.45, 7) is 2.73.